The first kappa shape index (κ1) is 14.4. The molecule has 1 unspecified atom stereocenters. The minimum Gasteiger partial charge on any atom is -0.491 e. The van der Waals surface area contributed by atoms with Crippen molar-refractivity contribution in [2.24, 2.45) is 5.92 Å². The summed E-state index contributed by atoms with van der Waals surface area (Å²) >= 11 is 0. The van der Waals surface area contributed by atoms with E-state index < -0.39 is 0 Å². The fourth-order valence-corrected chi connectivity index (χ4v) is 2.61. The first-order valence-electron chi connectivity index (χ1n) is 7.29. The van der Waals surface area contributed by atoms with Crippen LogP contribution in [-0.2, 0) is 0 Å². The van der Waals surface area contributed by atoms with Gasteiger partial charge in [0.25, 0.3) is 0 Å². The molecule has 1 heterocycles. The second-order valence-corrected chi connectivity index (χ2v) is 5.46. The van der Waals surface area contributed by atoms with Gasteiger partial charge < -0.3 is 14.7 Å². The normalized spacial score (nSPS) is 19.3. The Balaban J connectivity index is 1.75. The molecule has 0 amide bonds. The summed E-state index contributed by atoms with van der Waals surface area (Å²) < 4.78 is 5.67. The van der Waals surface area contributed by atoms with E-state index in [0.717, 1.165) is 38.2 Å². The molecule has 0 radical (unpaired) electrons. The van der Waals surface area contributed by atoms with Gasteiger partial charge in [-0.3, -0.25) is 0 Å². The van der Waals surface area contributed by atoms with Gasteiger partial charge in [-0.15, -0.1) is 0 Å². The van der Waals surface area contributed by atoms with Gasteiger partial charge in [0.1, 0.15) is 12.4 Å². The van der Waals surface area contributed by atoms with Crippen LogP contribution in [0.5, 0.6) is 5.75 Å². The van der Waals surface area contributed by atoms with Crippen molar-refractivity contribution in [3.63, 3.8) is 0 Å². The van der Waals surface area contributed by atoms with Crippen molar-refractivity contribution in [1.29, 1.82) is 0 Å². The third-order valence-corrected chi connectivity index (χ3v) is 4.07. The van der Waals surface area contributed by atoms with Crippen molar-refractivity contribution in [2.45, 2.75) is 32.8 Å². The lowest BCUT2D eigenvalue weighted by atomic mass is 9.91. The van der Waals surface area contributed by atoms with E-state index in [-0.39, 0.29) is 6.10 Å². The van der Waals surface area contributed by atoms with Crippen molar-refractivity contribution in [3.8, 4) is 5.75 Å². The van der Waals surface area contributed by atoms with E-state index in [1.807, 2.05) is 24.3 Å². The topological polar surface area (TPSA) is 32.7 Å². The lowest BCUT2D eigenvalue weighted by Gasteiger charge is -2.33. The van der Waals surface area contributed by atoms with Crippen molar-refractivity contribution in [3.05, 3.63) is 29.8 Å². The highest BCUT2D eigenvalue weighted by molar-refractivity contribution is 5.26. The molecule has 1 aromatic rings. The molecule has 1 aromatic carbocycles. The maximum absolute atomic E-state index is 10.2. The summed E-state index contributed by atoms with van der Waals surface area (Å²) in [6.45, 7) is 7.96. The number of aryl methyl sites for hydroxylation is 1. The molecule has 106 valence electrons. The number of hydrogen-bond donors (Lipinski definition) is 1. The maximum atomic E-state index is 10.2. The molecule has 1 N–H and O–H groups in total. The minimum atomic E-state index is -0.347. The monoisotopic (exact) mass is 263 g/mol. The van der Waals surface area contributed by atoms with Crippen LogP contribution in [0.4, 0.5) is 0 Å². The SMILES string of the molecule is CCN1CCC(C(O)COc2ccc(C)cc2)CC1. The molecule has 0 aromatic heterocycles. The Morgan fingerprint density at radius 3 is 2.47 bits per heavy atom. The van der Waals surface area contributed by atoms with E-state index in [0.29, 0.717) is 12.5 Å². The summed E-state index contributed by atoms with van der Waals surface area (Å²) in [6.07, 6.45) is 1.80. The number of ether oxygens (including phenoxy) is 1. The number of hydrogen-bond acceptors (Lipinski definition) is 3. The molecule has 1 atom stereocenters. The van der Waals surface area contributed by atoms with Gasteiger partial charge in [-0.1, -0.05) is 24.6 Å². The lowest BCUT2D eigenvalue weighted by molar-refractivity contribution is 0.0267. The van der Waals surface area contributed by atoms with E-state index in [1.54, 1.807) is 0 Å². The number of benzene rings is 1. The minimum absolute atomic E-state index is 0.347. The Morgan fingerprint density at radius 2 is 1.89 bits per heavy atom. The average molecular weight is 263 g/mol. The number of piperidine rings is 1. The number of rotatable bonds is 5. The van der Waals surface area contributed by atoms with Crippen LogP contribution >= 0.6 is 0 Å². The smallest absolute Gasteiger partial charge is 0.119 e. The Bertz CT molecular complexity index is 369. The Labute approximate surface area is 116 Å². The second kappa shape index (κ2) is 6.92. The quantitative estimate of drug-likeness (QED) is 0.886. The van der Waals surface area contributed by atoms with Crippen LogP contribution in [0.1, 0.15) is 25.3 Å². The fraction of sp³-hybridized carbons (Fsp3) is 0.625. The van der Waals surface area contributed by atoms with Gasteiger partial charge in [-0.2, -0.15) is 0 Å². The van der Waals surface area contributed by atoms with Gasteiger partial charge in [0.05, 0.1) is 6.10 Å². The van der Waals surface area contributed by atoms with Gasteiger partial charge in [-0.25, -0.2) is 0 Å². The van der Waals surface area contributed by atoms with E-state index >= 15 is 0 Å². The van der Waals surface area contributed by atoms with E-state index in [2.05, 4.69) is 18.7 Å². The summed E-state index contributed by atoms with van der Waals surface area (Å²) in [6, 6.07) is 7.98. The molecule has 1 fully saturated rings. The summed E-state index contributed by atoms with van der Waals surface area (Å²) in [5.74, 6) is 1.23. The fourth-order valence-electron chi connectivity index (χ4n) is 2.61. The molecule has 0 spiro atoms. The highest BCUT2D eigenvalue weighted by Crippen LogP contribution is 2.21. The first-order chi connectivity index (χ1) is 9.19. The van der Waals surface area contributed by atoms with Crippen LogP contribution in [0.25, 0.3) is 0 Å². The van der Waals surface area contributed by atoms with Crippen LogP contribution < -0.4 is 4.74 Å². The highest BCUT2D eigenvalue weighted by atomic mass is 16.5. The van der Waals surface area contributed by atoms with Gasteiger partial charge in [0.2, 0.25) is 0 Å². The Kier molecular flexibility index (Phi) is 5.23. The molecule has 0 aliphatic carbocycles. The van der Waals surface area contributed by atoms with Crippen molar-refractivity contribution in [2.75, 3.05) is 26.2 Å². The van der Waals surface area contributed by atoms with Crippen molar-refractivity contribution < 1.29 is 9.84 Å². The average Bonchev–Trinajstić information content (AvgIpc) is 2.46. The molecule has 3 nitrogen and oxygen atoms in total. The molecule has 2 rings (SSSR count). The zero-order valence-electron chi connectivity index (χ0n) is 12.0. The molecular formula is C16H25NO2. The molecule has 19 heavy (non-hydrogen) atoms. The van der Waals surface area contributed by atoms with Crippen LogP contribution in [0.15, 0.2) is 24.3 Å². The summed E-state index contributed by atoms with van der Waals surface area (Å²) in [5, 5.41) is 10.2. The predicted octanol–water partition coefficient (Wildman–Crippen LogP) is 2.47. The molecular weight excluding hydrogens is 238 g/mol. The van der Waals surface area contributed by atoms with Crippen LogP contribution in [-0.4, -0.2) is 42.4 Å². The third-order valence-electron chi connectivity index (χ3n) is 4.07. The number of aliphatic hydroxyl groups is 1. The molecule has 3 heteroatoms. The van der Waals surface area contributed by atoms with E-state index in [1.165, 1.54) is 5.56 Å². The lowest BCUT2D eigenvalue weighted by Crippen LogP contribution is -2.39. The van der Waals surface area contributed by atoms with Gasteiger partial charge in [0.15, 0.2) is 0 Å². The summed E-state index contributed by atoms with van der Waals surface area (Å²) in [4.78, 5) is 2.43. The van der Waals surface area contributed by atoms with Gasteiger partial charge in [0, 0.05) is 0 Å². The molecule has 1 saturated heterocycles. The highest BCUT2D eigenvalue weighted by Gasteiger charge is 2.24. The zero-order valence-corrected chi connectivity index (χ0v) is 12.0. The number of likely N-dealkylation sites (tertiary alicyclic amines) is 1. The largest absolute Gasteiger partial charge is 0.491 e. The Hall–Kier alpha value is -1.06. The van der Waals surface area contributed by atoms with E-state index in [4.69, 9.17) is 4.74 Å². The first-order valence-corrected chi connectivity index (χ1v) is 7.29. The number of aliphatic hydroxyl groups excluding tert-OH is 1. The van der Waals surface area contributed by atoms with Crippen molar-refractivity contribution in [1.82, 2.24) is 4.90 Å². The molecule has 0 bridgehead atoms. The number of nitrogens with zero attached hydrogens (tertiary/aromatic N) is 1. The van der Waals surface area contributed by atoms with Crippen molar-refractivity contribution >= 4 is 0 Å². The van der Waals surface area contributed by atoms with Gasteiger partial charge in [-0.05, 0) is 57.5 Å². The van der Waals surface area contributed by atoms with Crippen LogP contribution in [0, 0.1) is 12.8 Å². The summed E-state index contributed by atoms with van der Waals surface area (Å²) in [7, 11) is 0. The zero-order chi connectivity index (χ0) is 13.7. The summed E-state index contributed by atoms with van der Waals surface area (Å²) in [5.41, 5.74) is 1.22. The molecule has 1 aliphatic heterocycles. The molecule has 1 aliphatic rings. The van der Waals surface area contributed by atoms with Crippen LogP contribution in [0.2, 0.25) is 0 Å². The maximum Gasteiger partial charge on any atom is 0.119 e. The molecule has 0 saturated carbocycles. The standard InChI is InChI=1S/C16H25NO2/c1-3-17-10-8-14(9-11-17)16(18)12-19-15-6-4-13(2)5-7-15/h4-7,14,16,18H,3,8-12H2,1-2H3. The van der Waals surface area contributed by atoms with Gasteiger partial charge >= 0.3 is 0 Å². The Morgan fingerprint density at radius 1 is 1.26 bits per heavy atom. The van der Waals surface area contributed by atoms with E-state index in [9.17, 15) is 5.11 Å². The third kappa shape index (κ3) is 4.22. The van der Waals surface area contributed by atoms with Crippen LogP contribution in [0.3, 0.4) is 0 Å². The predicted molar refractivity (Wildman–Crippen MR) is 77.5 cm³/mol. The second-order valence-electron chi connectivity index (χ2n) is 5.46.